The van der Waals surface area contributed by atoms with E-state index in [1.54, 1.807) is 36.7 Å². The molecule has 3 amide bonds. The van der Waals surface area contributed by atoms with E-state index in [9.17, 15) is 9.59 Å². The molecule has 0 radical (unpaired) electrons. The standard InChI is InChI=1S/C18H20N4O3/c19-18(24)22-10-2-3-13(12-22)17(23)21-14-4-1-5-16(11-14)25-15-6-8-20-9-7-15/h1,4-9,11,13H,2-3,10,12H2,(H2,19,24)(H,21,23)/t13-/m1/s1. The second-order valence-corrected chi connectivity index (χ2v) is 5.93. The Morgan fingerprint density at radius 1 is 1.20 bits per heavy atom. The van der Waals surface area contributed by atoms with Crippen LogP contribution in [-0.4, -0.2) is 34.9 Å². The molecule has 0 spiro atoms. The van der Waals surface area contributed by atoms with Gasteiger partial charge in [-0.05, 0) is 37.1 Å². The summed E-state index contributed by atoms with van der Waals surface area (Å²) in [5.41, 5.74) is 5.96. The van der Waals surface area contributed by atoms with Gasteiger partial charge in [-0.25, -0.2) is 4.79 Å². The molecule has 1 aromatic carbocycles. The van der Waals surface area contributed by atoms with Crippen LogP contribution in [0.15, 0.2) is 48.8 Å². The molecule has 1 fully saturated rings. The maximum absolute atomic E-state index is 12.5. The summed E-state index contributed by atoms with van der Waals surface area (Å²) >= 11 is 0. The van der Waals surface area contributed by atoms with E-state index in [4.69, 9.17) is 10.5 Å². The first kappa shape index (κ1) is 16.8. The first-order valence-electron chi connectivity index (χ1n) is 8.15. The van der Waals surface area contributed by atoms with Gasteiger partial charge in [0.2, 0.25) is 5.91 Å². The molecule has 7 heteroatoms. The fourth-order valence-corrected chi connectivity index (χ4v) is 2.82. The zero-order chi connectivity index (χ0) is 17.6. The van der Waals surface area contributed by atoms with E-state index in [0.717, 1.165) is 12.8 Å². The molecule has 0 aliphatic carbocycles. The number of aromatic nitrogens is 1. The third-order valence-electron chi connectivity index (χ3n) is 4.09. The number of anilines is 1. The molecule has 1 saturated heterocycles. The molecule has 0 saturated carbocycles. The van der Waals surface area contributed by atoms with Crippen LogP contribution in [0.4, 0.5) is 10.5 Å². The van der Waals surface area contributed by atoms with Gasteiger partial charge in [-0.1, -0.05) is 6.07 Å². The highest BCUT2D eigenvalue weighted by Crippen LogP contribution is 2.24. The number of ether oxygens (including phenoxy) is 1. The molecule has 7 nitrogen and oxygen atoms in total. The van der Waals surface area contributed by atoms with Gasteiger partial charge < -0.3 is 20.7 Å². The molecule has 1 atom stereocenters. The topological polar surface area (TPSA) is 97.6 Å². The van der Waals surface area contributed by atoms with Crippen molar-refractivity contribution in [3.8, 4) is 11.5 Å². The average Bonchev–Trinajstić information content (AvgIpc) is 2.63. The van der Waals surface area contributed by atoms with Gasteiger partial charge in [-0.2, -0.15) is 0 Å². The molecule has 25 heavy (non-hydrogen) atoms. The smallest absolute Gasteiger partial charge is 0.314 e. The maximum Gasteiger partial charge on any atom is 0.314 e. The molecule has 1 aliphatic rings. The lowest BCUT2D eigenvalue weighted by atomic mass is 9.97. The second kappa shape index (κ2) is 7.65. The Morgan fingerprint density at radius 2 is 2.00 bits per heavy atom. The fraction of sp³-hybridized carbons (Fsp3) is 0.278. The average molecular weight is 340 g/mol. The number of likely N-dealkylation sites (tertiary alicyclic amines) is 1. The van der Waals surface area contributed by atoms with Crippen LogP contribution >= 0.6 is 0 Å². The molecular formula is C18H20N4O3. The largest absolute Gasteiger partial charge is 0.457 e. The predicted molar refractivity (Wildman–Crippen MR) is 93.3 cm³/mol. The molecule has 2 aromatic rings. The number of primary amides is 1. The van der Waals surface area contributed by atoms with Gasteiger partial charge in [-0.3, -0.25) is 9.78 Å². The lowest BCUT2D eigenvalue weighted by molar-refractivity contribution is -0.121. The summed E-state index contributed by atoms with van der Waals surface area (Å²) in [7, 11) is 0. The zero-order valence-corrected chi connectivity index (χ0v) is 13.7. The summed E-state index contributed by atoms with van der Waals surface area (Å²) in [5, 5.41) is 2.89. The van der Waals surface area contributed by atoms with E-state index in [1.165, 1.54) is 4.90 Å². The van der Waals surface area contributed by atoms with E-state index < -0.39 is 6.03 Å². The van der Waals surface area contributed by atoms with Gasteiger partial charge in [-0.15, -0.1) is 0 Å². The third-order valence-corrected chi connectivity index (χ3v) is 4.09. The van der Waals surface area contributed by atoms with Gasteiger partial charge in [0.05, 0.1) is 5.92 Å². The SMILES string of the molecule is NC(=O)N1CCC[C@@H](C(=O)Nc2cccc(Oc3ccncc3)c2)C1. The van der Waals surface area contributed by atoms with Crippen LogP contribution in [0, 0.1) is 5.92 Å². The minimum absolute atomic E-state index is 0.119. The van der Waals surface area contributed by atoms with Gasteiger partial charge in [0, 0.05) is 37.2 Å². The monoisotopic (exact) mass is 340 g/mol. The van der Waals surface area contributed by atoms with Crippen molar-refractivity contribution < 1.29 is 14.3 Å². The van der Waals surface area contributed by atoms with Gasteiger partial charge in [0.25, 0.3) is 0 Å². The summed E-state index contributed by atoms with van der Waals surface area (Å²) < 4.78 is 5.73. The van der Waals surface area contributed by atoms with Crippen LogP contribution in [0.2, 0.25) is 0 Å². The van der Waals surface area contributed by atoms with Crippen LogP contribution in [0.5, 0.6) is 11.5 Å². The van der Waals surface area contributed by atoms with Crippen molar-refractivity contribution in [1.82, 2.24) is 9.88 Å². The lowest BCUT2D eigenvalue weighted by Gasteiger charge is -2.30. The number of nitrogens with zero attached hydrogens (tertiary/aromatic N) is 2. The quantitative estimate of drug-likeness (QED) is 0.894. The Labute approximate surface area is 145 Å². The van der Waals surface area contributed by atoms with Gasteiger partial charge >= 0.3 is 6.03 Å². The van der Waals surface area contributed by atoms with Crippen molar-refractivity contribution >= 4 is 17.6 Å². The number of benzene rings is 1. The van der Waals surface area contributed by atoms with Crippen molar-refractivity contribution in [1.29, 1.82) is 0 Å². The van der Waals surface area contributed by atoms with Gasteiger partial charge in [0.1, 0.15) is 11.5 Å². The van der Waals surface area contributed by atoms with Crippen LogP contribution in [0.25, 0.3) is 0 Å². The molecule has 0 bridgehead atoms. The Balaban J connectivity index is 1.63. The molecular weight excluding hydrogens is 320 g/mol. The normalized spacial score (nSPS) is 17.0. The highest BCUT2D eigenvalue weighted by molar-refractivity contribution is 5.93. The highest BCUT2D eigenvalue weighted by Gasteiger charge is 2.27. The van der Waals surface area contributed by atoms with Crippen molar-refractivity contribution in [2.75, 3.05) is 18.4 Å². The minimum Gasteiger partial charge on any atom is -0.457 e. The molecule has 1 aromatic heterocycles. The van der Waals surface area contributed by atoms with Crippen LogP contribution in [0.3, 0.4) is 0 Å². The Morgan fingerprint density at radius 3 is 2.76 bits per heavy atom. The first-order chi connectivity index (χ1) is 12.1. The summed E-state index contributed by atoms with van der Waals surface area (Å²) in [6.45, 7) is 0.961. The molecule has 1 aliphatic heterocycles. The molecule has 3 N–H and O–H groups in total. The van der Waals surface area contributed by atoms with E-state index in [2.05, 4.69) is 10.3 Å². The molecule has 2 heterocycles. The Bertz CT molecular complexity index is 751. The maximum atomic E-state index is 12.5. The Hall–Kier alpha value is -3.09. The van der Waals surface area contributed by atoms with E-state index in [-0.39, 0.29) is 11.8 Å². The number of nitrogens with one attached hydrogen (secondary N) is 1. The number of amides is 3. The van der Waals surface area contributed by atoms with Crippen molar-refractivity contribution in [2.45, 2.75) is 12.8 Å². The number of hydrogen-bond donors (Lipinski definition) is 2. The summed E-state index contributed by atoms with van der Waals surface area (Å²) in [4.78, 5) is 29.2. The van der Waals surface area contributed by atoms with E-state index >= 15 is 0 Å². The van der Waals surface area contributed by atoms with E-state index in [1.807, 2.05) is 12.1 Å². The number of carbonyl (C=O) groups excluding carboxylic acids is 2. The molecule has 0 unspecified atom stereocenters. The first-order valence-corrected chi connectivity index (χ1v) is 8.15. The molecule has 130 valence electrons. The molecule has 3 rings (SSSR count). The number of pyridine rings is 1. The number of urea groups is 1. The van der Waals surface area contributed by atoms with Crippen LogP contribution in [-0.2, 0) is 4.79 Å². The van der Waals surface area contributed by atoms with Crippen LogP contribution in [0.1, 0.15) is 12.8 Å². The van der Waals surface area contributed by atoms with Crippen molar-refractivity contribution in [3.05, 3.63) is 48.8 Å². The lowest BCUT2D eigenvalue weighted by Crippen LogP contribution is -2.46. The Kier molecular flexibility index (Phi) is 5.13. The highest BCUT2D eigenvalue weighted by atomic mass is 16.5. The number of hydrogen-bond acceptors (Lipinski definition) is 4. The number of piperidine rings is 1. The van der Waals surface area contributed by atoms with E-state index in [0.29, 0.717) is 30.3 Å². The number of carbonyl (C=O) groups is 2. The summed E-state index contributed by atoms with van der Waals surface area (Å²) in [5.74, 6) is 0.910. The van der Waals surface area contributed by atoms with Crippen molar-refractivity contribution in [3.63, 3.8) is 0 Å². The minimum atomic E-state index is -0.481. The van der Waals surface area contributed by atoms with Gasteiger partial charge in [0.15, 0.2) is 0 Å². The third kappa shape index (κ3) is 4.47. The van der Waals surface area contributed by atoms with Crippen LogP contribution < -0.4 is 15.8 Å². The number of nitrogens with two attached hydrogens (primary N) is 1. The summed E-state index contributed by atoms with van der Waals surface area (Å²) in [6, 6.07) is 10.2. The summed E-state index contributed by atoms with van der Waals surface area (Å²) in [6.07, 6.45) is 4.80. The second-order valence-electron chi connectivity index (χ2n) is 5.93. The van der Waals surface area contributed by atoms with Crippen molar-refractivity contribution in [2.24, 2.45) is 11.7 Å². The fourth-order valence-electron chi connectivity index (χ4n) is 2.82. The predicted octanol–water partition coefficient (Wildman–Crippen LogP) is 2.60. The number of rotatable bonds is 4. The zero-order valence-electron chi connectivity index (χ0n) is 13.7.